The number of anilines is 1. The van der Waals surface area contributed by atoms with Gasteiger partial charge >= 0.3 is 0 Å². The maximum atomic E-state index is 5.98. The summed E-state index contributed by atoms with van der Waals surface area (Å²) in [5, 5.41) is 4.29. The zero-order valence-electron chi connectivity index (χ0n) is 12.1. The van der Waals surface area contributed by atoms with E-state index in [0.29, 0.717) is 6.04 Å². The molecule has 2 rings (SSSR count). The zero-order valence-corrected chi connectivity index (χ0v) is 12.9. The molecule has 0 aliphatic carbocycles. The van der Waals surface area contributed by atoms with Gasteiger partial charge in [-0.2, -0.15) is 0 Å². The van der Waals surface area contributed by atoms with E-state index in [9.17, 15) is 0 Å². The van der Waals surface area contributed by atoms with E-state index in [1.165, 1.54) is 5.56 Å². The fourth-order valence-corrected chi connectivity index (χ4v) is 2.53. The summed E-state index contributed by atoms with van der Waals surface area (Å²) in [5.41, 5.74) is 3.49. The Morgan fingerprint density at radius 2 is 1.95 bits per heavy atom. The topological polar surface area (TPSA) is 21.3 Å². The van der Waals surface area contributed by atoms with Gasteiger partial charge in [0, 0.05) is 16.8 Å². The van der Waals surface area contributed by atoms with Crippen molar-refractivity contribution in [3.8, 4) is 5.75 Å². The standard InChI is InChI=1S/C17H20ClNO/c1-12-10-15(18)8-9-16(12)19-13(2)11-14-6-4-5-7-17(14)20-3/h4-10,13,19H,11H2,1-3H3. The lowest BCUT2D eigenvalue weighted by Gasteiger charge is -2.18. The molecule has 0 fully saturated rings. The van der Waals surface area contributed by atoms with Gasteiger partial charge in [-0.25, -0.2) is 0 Å². The van der Waals surface area contributed by atoms with Crippen LogP contribution in [0.2, 0.25) is 5.02 Å². The molecule has 0 aromatic heterocycles. The van der Waals surface area contributed by atoms with Crippen LogP contribution >= 0.6 is 11.6 Å². The van der Waals surface area contributed by atoms with Crippen LogP contribution < -0.4 is 10.1 Å². The van der Waals surface area contributed by atoms with Gasteiger partial charge in [-0.05, 0) is 55.7 Å². The van der Waals surface area contributed by atoms with Crippen molar-refractivity contribution in [2.75, 3.05) is 12.4 Å². The van der Waals surface area contributed by atoms with E-state index in [1.807, 2.05) is 36.4 Å². The molecule has 0 aliphatic rings. The molecule has 0 amide bonds. The minimum Gasteiger partial charge on any atom is -0.496 e. The number of para-hydroxylation sites is 1. The number of methoxy groups -OCH3 is 1. The molecule has 1 unspecified atom stereocenters. The summed E-state index contributed by atoms with van der Waals surface area (Å²) < 4.78 is 5.39. The quantitative estimate of drug-likeness (QED) is 0.861. The molecule has 0 saturated heterocycles. The van der Waals surface area contributed by atoms with Crippen molar-refractivity contribution in [1.29, 1.82) is 0 Å². The molecule has 2 nitrogen and oxygen atoms in total. The van der Waals surface area contributed by atoms with Gasteiger partial charge in [-0.3, -0.25) is 0 Å². The molecule has 0 bridgehead atoms. The Labute approximate surface area is 125 Å². The third-order valence-corrected chi connectivity index (χ3v) is 3.54. The van der Waals surface area contributed by atoms with Gasteiger partial charge in [0.1, 0.15) is 5.75 Å². The van der Waals surface area contributed by atoms with Gasteiger partial charge < -0.3 is 10.1 Å². The van der Waals surface area contributed by atoms with E-state index in [0.717, 1.165) is 28.4 Å². The minimum absolute atomic E-state index is 0.311. The Morgan fingerprint density at radius 3 is 2.65 bits per heavy atom. The second-order valence-electron chi connectivity index (χ2n) is 5.02. The van der Waals surface area contributed by atoms with Crippen LogP contribution in [-0.4, -0.2) is 13.2 Å². The number of benzene rings is 2. The summed E-state index contributed by atoms with van der Waals surface area (Å²) in [6.07, 6.45) is 0.909. The predicted molar refractivity (Wildman–Crippen MR) is 86.0 cm³/mol. The highest BCUT2D eigenvalue weighted by molar-refractivity contribution is 6.30. The molecule has 0 radical (unpaired) electrons. The second-order valence-corrected chi connectivity index (χ2v) is 5.46. The number of aryl methyl sites for hydroxylation is 1. The number of nitrogens with one attached hydrogen (secondary N) is 1. The van der Waals surface area contributed by atoms with Crippen molar-refractivity contribution in [1.82, 2.24) is 0 Å². The Kier molecular flexibility index (Phi) is 4.91. The fraction of sp³-hybridized carbons (Fsp3) is 0.294. The molecule has 3 heteroatoms. The maximum absolute atomic E-state index is 5.98. The molecule has 0 aliphatic heterocycles. The summed E-state index contributed by atoms with van der Waals surface area (Å²) in [4.78, 5) is 0. The Balaban J connectivity index is 2.07. The van der Waals surface area contributed by atoms with Crippen molar-refractivity contribution >= 4 is 17.3 Å². The summed E-state index contributed by atoms with van der Waals surface area (Å²) in [5.74, 6) is 0.939. The Hall–Kier alpha value is -1.67. The number of rotatable bonds is 5. The van der Waals surface area contributed by atoms with Crippen LogP contribution in [0, 0.1) is 6.92 Å². The van der Waals surface area contributed by atoms with E-state index >= 15 is 0 Å². The first-order chi connectivity index (χ1) is 9.60. The van der Waals surface area contributed by atoms with Crippen molar-refractivity contribution < 1.29 is 4.74 Å². The van der Waals surface area contributed by atoms with Crippen LogP contribution in [0.1, 0.15) is 18.1 Å². The second kappa shape index (κ2) is 6.67. The first-order valence-corrected chi connectivity index (χ1v) is 7.12. The SMILES string of the molecule is COc1ccccc1CC(C)Nc1ccc(Cl)cc1C. The molecule has 0 spiro atoms. The van der Waals surface area contributed by atoms with E-state index < -0.39 is 0 Å². The lowest BCUT2D eigenvalue weighted by Crippen LogP contribution is -2.19. The molecular formula is C17H20ClNO. The summed E-state index contributed by atoms with van der Waals surface area (Å²) in [6.45, 7) is 4.23. The molecule has 2 aromatic carbocycles. The van der Waals surface area contributed by atoms with Crippen LogP contribution in [0.25, 0.3) is 0 Å². The largest absolute Gasteiger partial charge is 0.496 e. The van der Waals surface area contributed by atoms with Crippen LogP contribution in [0.15, 0.2) is 42.5 Å². The normalized spacial score (nSPS) is 12.0. The van der Waals surface area contributed by atoms with E-state index in [-0.39, 0.29) is 0 Å². The van der Waals surface area contributed by atoms with Crippen LogP contribution in [0.3, 0.4) is 0 Å². The average molecular weight is 290 g/mol. The number of hydrogen-bond donors (Lipinski definition) is 1. The van der Waals surface area contributed by atoms with Gasteiger partial charge in [0.2, 0.25) is 0 Å². The summed E-state index contributed by atoms with van der Waals surface area (Å²) in [7, 11) is 1.71. The van der Waals surface area contributed by atoms with Crippen molar-refractivity contribution in [3.05, 3.63) is 58.6 Å². The molecule has 1 N–H and O–H groups in total. The summed E-state index contributed by atoms with van der Waals surface area (Å²) in [6, 6.07) is 14.3. The first kappa shape index (κ1) is 14.7. The minimum atomic E-state index is 0.311. The van der Waals surface area contributed by atoms with Gasteiger partial charge in [-0.15, -0.1) is 0 Å². The molecule has 1 atom stereocenters. The van der Waals surface area contributed by atoms with E-state index in [4.69, 9.17) is 16.3 Å². The zero-order chi connectivity index (χ0) is 14.5. The number of ether oxygens (including phenoxy) is 1. The lowest BCUT2D eigenvalue weighted by atomic mass is 10.1. The first-order valence-electron chi connectivity index (χ1n) is 6.74. The average Bonchev–Trinajstić information content (AvgIpc) is 2.42. The molecule has 0 heterocycles. The Bertz CT molecular complexity index is 583. The van der Waals surface area contributed by atoms with Crippen LogP contribution in [0.4, 0.5) is 5.69 Å². The smallest absolute Gasteiger partial charge is 0.122 e. The van der Waals surface area contributed by atoms with Crippen LogP contribution in [0.5, 0.6) is 5.75 Å². The molecule has 2 aromatic rings. The molecule has 20 heavy (non-hydrogen) atoms. The van der Waals surface area contributed by atoms with E-state index in [1.54, 1.807) is 7.11 Å². The third-order valence-electron chi connectivity index (χ3n) is 3.31. The maximum Gasteiger partial charge on any atom is 0.122 e. The molecular weight excluding hydrogens is 270 g/mol. The molecule has 0 saturated carbocycles. The number of hydrogen-bond acceptors (Lipinski definition) is 2. The summed E-state index contributed by atoms with van der Waals surface area (Å²) >= 11 is 5.98. The van der Waals surface area contributed by atoms with E-state index in [2.05, 4.69) is 25.2 Å². The third kappa shape index (κ3) is 3.67. The van der Waals surface area contributed by atoms with Crippen molar-refractivity contribution in [3.63, 3.8) is 0 Å². The highest BCUT2D eigenvalue weighted by atomic mass is 35.5. The monoisotopic (exact) mass is 289 g/mol. The predicted octanol–water partition coefficient (Wildman–Crippen LogP) is 4.70. The van der Waals surface area contributed by atoms with Gasteiger partial charge in [0.25, 0.3) is 0 Å². The van der Waals surface area contributed by atoms with Crippen LogP contribution in [-0.2, 0) is 6.42 Å². The number of halogens is 1. The highest BCUT2D eigenvalue weighted by Crippen LogP contribution is 2.23. The Morgan fingerprint density at radius 1 is 1.20 bits per heavy atom. The van der Waals surface area contributed by atoms with Gasteiger partial charge in [0.05, 0.1) is 7.11 Å². The fourth-order valence-electron chi connectivity index (χ4n) is 2.31. The van der Waals surface area contributed by atoms with Crippen molar-refractivity contribution in [2.45, 2.75) is 26.3 Å². The van der Waals surface area contributed by atoms with Crippen molar-refractivity contribution in [2.24, 2.45) is 0 Å². The lowest BCUT2D eigenvalue weighted by molar-refractivity contribution is 0.409. The highest BCUT2D eigenvalue weighted by Gasteiger charge is 2.09. The molecule has 106 valence electrons. The van der Waals surface area contributed by atoms with Gasteiger partial charge in [-0.1, -0.05) is 29.8 Å². The van der Waals surface area contributed by atoms with Gasteiger partial charge in [0.15, 0.2) is 0 Å².